The van der Waals surface area contributed by atoms with Crippen LogP contribution < -0.4 is 15.4 Å². The summed E-state index contributed by atoms with van der Waals surface area (Å²) in [7, 11) is -2.04. The Bertz CT molecular complexity index is 1150. The van der Waals surface area contributed by atoms with Gasteiger partial charge in [0.2, 0.25) is 11.8 Å². The predicted molar refractivity (Wildman–Crippen MR) is 119 cm³/mol. The summed E-state index contributed by atoms with van der Waals surface area (Å²) in [4.78, 5) is 20.0. The SMILES string of the molecule is CN1C(=N)N[C@@]2(c3cc(NC(=O)c4cnc(OCC(F)(F)F)cn4)ccc3F)CCC[C@H]2S1(O)O. The van der Waals surface area contributed by atoms with Gasteiger partial charge >= 0.3 is 6.18 Å². The highest BCUT2D eigenvalue weighted by Gasteiger charge is 2.57. The minimum absolute atomic E-state index is 0.0672. The van der Waals surface area contributed by atoms with Crippen LogP contribution in [-0.4, -0.2) is 60.3 Å². The molecule has 1 saturated heterocycles. The van der Waals surface area contributed by atoms with Gasteiger partial charge in [0.25, 0.3) is 5.91 Å². The van der Waals surface area contributed by atoms with Crippen molar-refractivity contribution in [3.05, 3.63) is 47.7 Å². The minimum Gasteiger partial charge on any atom is -0.467 e. The zero-order chi connectivity index (χ0) is 25.6. The van der Waals surface area contributed by atoms with E-state index in [1.165, 1.54) is 19.2 Å². The van der Waals surface area contributed by atoms with Crippen LogP contribution in [0.2, 0.25) is 0 Å². The number of nitrogens with one attached hydrogen (secondary N) is 3. The quantitative estimate of drug-likeness (QED) is 0.377. The van der Waals surface area contributed by atoms with Crippen LogP contribution in [0.15, 0.2) is 30.6 Å². The van der Waals surface area contributed by atoms with E-state index in [1.54, 1.807) is 0 Å². The Morgan fingerprint density at radius 2 is 2.11 bits per heavy atom. The van der Waals surface area contributed by atoms with Crippen molar-refractivity contribution in [2.24, 2.45) is 0 Å². The van der Waals surface area contributed by atoms with Crippen LogP contribution in [0.25, 0.3) is 0 Å². The second-order valence-corrected chi connectivity index (χ2v) is 10.4. The van der Waals surface area contributed by atoms with Crippen molar-refractivity contribution in [1.29, 1.82) is 5.41 Å². The predicted octanol–water partition coefficient (Wildman–Crippen LogP) is 3.69. The van der Waals surface area contributed by atoms with Crippen LogP contribution >= 0.6 is 10.8 Å². The summed E-state index contributed by atoms with van der Waals surface area (Å²) in [6.07, 6.45) is -1.46. The first-order valence-electron chi connectivity index (χ1n) is 10.3. The maximum atomic E-state index is 15.0. The van der Waals surface area contributed by atoms with Crippen molar-refractivity contribution in [3.63, 3.8) is 0 Å². The Morgan fingerprint density at radius 1 is 1.37 bits per heavy atom. The van der Waals surface area contributed by atoms with Gasteiger partial charge in [0.1, 0.15) is 11.5 Å². The van der Waals surface area contributed by atoms with Crippen LogP contribution in [0.3, 0.4) is 0 Å². The number of rotatable bonds is 5. The Labute approximate surface area is 198 Å². The van der Waals surface area contributed by atoms with Crippen molar-refractivity contribution in [1.82, 2.24) is 19.6 Å². The molecule has 1 saturated carbocycles. The lowest BCUT2D eigenvalue weighted by molar-refractivity contribution is -0.154. The van der Waals surface area contributed by atoms with Crippen LogP contribution in [0.5, 0.6) is 5.88 Å². The number of carbonyl (C=O) groups is 1. The van der Waals surface area contributed by atoms with Crippen LogP contribution in [0, 0.1) is 11.2 Å². The standard InChI is InChI=1S/C20H22F4N6O4S/c1-30-18(25)29-19(6-2-3-15(19)35(30,32)33)12-7-11(4-5-13(12)21)28-17(31)14-8-27-16(9-26-14)34-10-20(22,23)24/h4-5,7-9,15,32-33H,2-3,6,10H2,1H3,(H2,25,29)(H,28,31)/t15-,19-/m1/s1. The first-order valence-corrected chi connectivity index (χ1v) is 11.9. The highest BCUT2D eigenvalue weighted by atomic mass is 32.3. The molecular formula is C20H22F4N6O4S. The van der Waals surface area contributed by atoms with Gasteiger partial charge in [-0.15, -0.1) is 10.8 Å². The summed E-state index contributed by atoms with van der Waals surface area (Å²) < 4.78 is 78.8. The fourth-order valence-corrected chi connectivity index (χ4v) is 6.36. The summed E-state index contributed by atoms with van der Waals surface area (Å²) in [5.74, 6) is -2.09. The molecule has 1 aromatic carbocycles. The summed E-state index contributed by atoms with van der Waals surface area (Å²) in [5.41, 5.74) is -1.25. The molecule has 2 fully saturated rings. The number of guanidine groups is 1. The van der Waals surface area contributed by atoms with Gasteiger partial charge in [-0.05, 0) is 37.5 Å². The Hall–Kier alpha value is -3.17. The molecule has 15 heteroatoms. The second kappa shape index (κ2) is 8.80. The molecule has 0 bridgehead atoms. The molecule has 0 unspecified atom stereocenters. The third kappa shape index (κ3) is 4.70. The Morgan fingerprint density at radius 3 is 2.77 bits per heavy atom. The lowest BCUT2D eigenvalue weighted by Gasteiger charge is -2.57. The third-order valence-electron chi connectivity index (χ3n) is 5.98. The lowest BCUT2D eigenvalue weighted by atomic mass is 9.86. The molecule has 5 N–H and O–H groups in total. The molecular weight excluding hydrogens is 496 g/mol. The van der Waals surface area contributed by atoms with E-state index in [1.807, 2.05) is 0 Å². The van der Waals surface area contributed by atoms with Gasteiger partial charge in [0, 0.05) is 18.3 Å². The maximum absolute atomic E-state index is 15.0. The average Bonchev–Trinajstić information content (AvgIpc) is 3.23. The van der Waals surface area contributed by atoms with Gasteiger partial charge in [0.05, 0.1) is 23.2 Å². The van der Waals surface area contributed by atoms with Gasteiger partial charge in [0.15, 0.2) is 6.61 Å². The zero-order valence-electron chi connectivity index (χ0n) is 18.3. The molecule has 10 nitrogen and oxygen atoms in total. The first-order chi connectivity index (χ1) is 16.3. The van der Waals surface area contributed by atoms with E-state index in [-0.39, 0.29) is 22.9 Å². The van der Waals surface area contributed by atoms with E-state index < -0.39 is 52.0 Å². The number of ether oxygens (including phenoxy) is 1. The molecule has 1 aliphatic carbocycles. The molecule has 1 aromatic heterocycles. The van der Waals surface area contributed by atoms with E-state index in [0.29, 0.717) is 19.3 Å². The highest BCUT2D eigenvalue weighted by molar-refractivity contribution is 8.23. The number of fused-ring (bicyclic) bond motifs is 1. The molecule has 2 aromatic rings. The second-order valence-electron chi connectivity index (χ2n) is 8.18. The number of aromatic nitrogens is 2. The van der Waals surface area contributed by atoms with Crippen LogP contribution in [0.4, 0.5) is 23.2 Å². The fraction of sp³-hybridized carbons (Fsp3) is 0.400. The number of alkyl halides is 3. The maximum Gasteiger partial charge on any atom is 0.422 e. The minimum atomic E-state index is -4.55. The molecule has 1 aliphatic heterocycles. The number of carbonyl (C=O) groups excluding carboxylic acids is 1. The Kier molecular flexibility index (Phi) is 6.27. The number of anilines is 1. The van der Waals surface area contributed by atoms with Gasteiger partial charge < -0.3 is 15.4 Å². The summed E-state index contributed by atoms with van der Waals surface area (Å²) in [5, 5.41) is 12.8. The van der Waals surface area contributed by atoms with E-state index >= 15 is 4.39 Å². The van der Waals surface area contributed by atoms with Gasteiger partial charge in [-0.1, -0.05) is 0 Å². The summed E-state index contributed by atoms with van der Waals surface area (Å²) in [6, 6.07) is 3.76. The molecule has 2 heterocycles. The number of nitrogens with zero attached hydrogens (tertiary/aromatic N) is 3. The number of amides is 1. The molecule has 1 amide bonds. The molecule has 0 radical (unpaired) electrons. The molecule has 2 atom stereocenters. The zero-order valence-corrected chi connectivity index (χ0v) is 19.1. The van der Waals surface area contributed by atoms with Crippen LogP contribution in [-0.2, 0) is 5.54 Å². The van der Waals surface area contributed by atoms with Crippen molar-refractivity contribution in [2.75, 3.05) is 19.0 Å². The van der Waals surface area contributed by atoms with E-state index in [2.05, 4.69) is 25.3 Å². The molecule has 35 heavy (non-hydrogen) atoms. The third-order valence-corrected chi connectivity index (χ3v) is 8.37. The van der Waals surface area contributed by atoms with E-state index in [0.717, 1.165) is 22.8 Å². The monoisotopic (exact) mass is 518 g/mol. The van der Waals surface area contributed by atoms with Crippen molar-refractivity contribution < 1.29 is 36.2 Å². The van der Waals surface area contributed by atoms with Crippen molar-refractivity contribution >= 4 is 28.3 Å². The molecule has 4 rings (SSSR count). The van der Waals surface area contributed by atoms with Crippen molar-refractivity contribution in [2.45, 2.75) is 36.2 Å². The number of hydrogen-bond acceptors (Lipinski definition) is 7. The number of halogens is 4. The molecule has 2 aliphatic rings. The summed E-state index contributed by atoms with van der Waals surface area (Å²) >= 11 is 0. The van der Waals surface area contributed by atoms with E-state index in [4.69, 9.17) is 5.41 Å². The first kappa shape index (κ1) is 24.9. The smallest absolute Gasteiger partial charge is 0.422 e. The van der Waals surface area contributed by atoms with Crippen LogP contribution in [0.1, 0.15) is 35.3 Å². The number of hydrogen-bond donors (Lipinski definition) is 5. The fourth-order valence-electron chi connectivity index (χ4n) is 4.34. The Balaban J connectivity index is 1.56. The average molecular weight is 518 g/mol. The van der Waals surface area contributed by atoms with Gasteiger partial charge in [-0.25, -0.2) is 18.7 Å². The molecule has 0 spiro atoms. The largest absolute Gasteiger partial charge is 0.467 e. The van der Waals surface area contributed by atoms with E-state index in [9.17, 15) is 27.1 Å². The number of benzene rings is 1. The normalized spacial score (nSPS) is 24.4. The highest BCUT2D eigenvalue weighted by Crippen LogP contribution is 2.62. The van der Waals surface area contributed by atoms with Gasteiger partial charge in [-0.2, -0.15) is 13.2 Å². The topological polar surface area (TPSA) is 144 Å². The van der Waals surface area contributed by atoms with Gasteiger partial charge in [-0.3, -0.25) is 19.3 Å². The lowest BCUT2D eigenvalue weighted by Crippen LogP contribution is -2.63. The summed E-state index contributed by atoms with van der Waals surface area (Å²) in [6.45, 7) is -1.56. The van der Waals surface area contributed by atoms with Crippen molar-refractivity contribution in [3.8, 4) is 5.88 Å². The molecule has 190 valence electrons.